The molecule has 1 heteroatoms. The maximum absolute atomic E-state index is 6.38. The molecule has 3 atom stereocenters. The van der Waals surface area contributed by atoms with Gasteiger partial charge < -0.3 is 4.74 Å². The Morgan fingerprint density at radius 2 is 1.59 bits per heavy atom. The van der Waals surface area contributed by atoms with Crippen LogP contribution in [0.25, 0.3) is 0 Å². The summed E-state index contributed by atoms with van der Waals surface area (Å²) in [4.78, 5) is 0. The summed E-state index contributed by atoms with van der Waals surface area (Å²) in [5.41, 5.74) is 0.643. The molecule has 0 amide bonds. The quantitative estimate of drug-likeness (QED) is 0.667. The normalized spacial score (nSPS) is 31.2. The Balaban J connectivity index is 2.75. The van der Waals surface area contributed by atoms with Crippen molar-refractivity contribution >= 4 is 0 Å². The summed E-state index contributed by atoms with van der Waals surface area (Å²) in [5, 5.41) is 0. The van der Waals surface area contributed by atoms with E-state index in [4.69, 9.17) is 4.74 Å². The minimum atomic E-state index is 0.278. The predicted molar refractivity (Wildman–Crippen MR) is 75.1 cm³/mol. The molecule has 0 bridgehead atoms. The Bertz CT molecular complexity index is 241. The maximum Gasteiger partial charge on any atom is 0.0631 e. The summed E-state index contributed by atoms with van der Waals surface area (Å²) in [7, 11) is 0. The van der Waals surface area contributed by atoms with Gasteiger partial charge in [-0.2, -0.15) is 0 Å². The lowest BCUT2D eigenvalue weighted by atomic mass is 9.78. The molecule has 0 saturated carbocycles. The first-order valence-corrected chi connectivity index (χ1v) is 7.16. The molecule has 102 valence electrons. The SMILES string of the molecule is CC(C)C1C[C@H](C(C)(C)C)O[C@@H]1CC(C)(C)C. The van der Waals surface area contributed by atoms with Crippen LogP contribution in [0.1, 0.15) is 68.2 Å². The third kappa shape index (κ3) is 4.28. The summed E-state index contributed by atoms with van der Waals surface area (Å²) >= 11 is 0. The molecule has 0 aromatic carbocycles. The van der Waals surface area contributed by atoms with Gasteiger partial charge in [0.1, 0.15) is 0 Å². The van der Waals surface area contributed by atoms with Crippen molar-refractivity contribution in [2.75, 3.05) is 0 Å². The first-order valence-electron chi connectivity index (χ1n) is 7.16. The number of hydrogen-bond acceptors (Lipinski definition) is 1. The molecule has 1 aliphatic heterocycles. The molecule has 0 spiro atoms. The van der Waals surface area contributed by atoms with Gasteiger partial charge in [0.25, 0.3) is 0 Å². The fraction of sp³-hybridized carbons (Fsp3) is 1.00. The first-order chi connectivity index (χ1) is 7.50. The average molecular weight is 240 g/mol. The van der Waals surface area contributed by atoms with E-state index >= 15 is 0 Å². The summed E-state index contributed by atoms with van der Waals surface area (Å²) in [5.74, 6) is 1.47. The van der Waals surface area contributed by atoms with Crippen molar-refractivity contribution in [2.45, 2.75) is 80.4 Å². The summed E-state index contributed by atoms with van der Waals surface area (Å²) < 4.78 is 6.38. The van der Waals surface area contributed by atoms with Crippen LogP contribution in [0.15, 0.2) is 0 Å². The van der Waals surface area contributed by atoms with Gasteiger partial charge in [-0.05, 0) is 35.5 Å². The Labute approximate surface area is 108 Å². The van der Waals surface area contributed by atoms with Gasteiger partial charge in [0.05, 0.1) is 12.2 Å². The highest BCUT2D eigenvalue weighted by Gasteiger charge is 2.42. The van der Waals surface area contributed by atoms with Gasteiger partial charge in [0, 0.05) is 0 Å². The molecule has 1 aliphatic rings. The Morgan fingerprint density at radius 3 is 1.94 bits per heavy atom. The molecule has 17 heavy (non-hydrogen) atoms. The number of rotatable bonds is 2. The zero-order valence-electron chi connectivity index (χ0n) is 13.1. The number of hydrogen-bond donors (Lipinski definition) is 0. The monoisotopic (exact) mass is 240 g/mol. The van der Waals surface area contributed by atoms with Crippen LogP contribution < -0.4 is 0 Å². The average Bonchev–Trinajstić information content (AvgIpc) is 2.43. The Kier molecular flexibility index (Phi) is 4.34. The molecule has 0 aromatic rings. The van der Waals surface area contributed by atoms with Gasteiger partial charge in [0.2, 0.25) is 0 Å². The van der Waals surface area contributed by atoms with E-state index in [1.807, 2.05) is 0 Å². The van der Waals surface area contributed by atoms with Crippen LogP contribution in [0.2, 0.25) is 0 Å². The molecule has 1 rings (SSSR count). The molecule has 1 saturated heterocycles. The van der Waals surface area contributed by atoms with Crippen LogP contribution in [0.5, 0.6) is 0 Å². The van der Waals surface area contributed by atoms with Crippen molar-refractivity contribution in [1.29, 1.82) is 0 Å². The minimum Gasteiger partial charge on any atom is -0.374 e. The van der Waals surface area contributed by atoms with Gasteiger partial charge in [-0.1, -0.05) is 55.4 Å². The zero-order chi connectivity index (χ0) is 13.4. The third-order valence-corrected chi connectivity index (χ3v) is 3.94. The van der Waals surface area contributed by atoms with Crippen molar-refractivity contribution in [2.24, 2.45) is 22.7 Å². The van der Waals surface area contributed by atoms with Crippen molar-refractivity contribution in [3.8, 4) is 0 Å². The molecular formula is C16H32O. The Hall–Kier alpha value is -0.0400. The minimum absolute atomic E-state index is 0.278. The van der Waals surface area contributed by atoms with Gasteiger partial charge in [-0.25, -0.2) is 0 Å². The van der Waals surface area contributed by atoms with Crippen molar-refractivity contribution in [3.05, 3.63) is 0 Å². The molecule has 0 N–H and O–H groups in total. The van der Waals surface area contributed by atoms with E-state index in [-0.39, 0.29) is 5.41 Å². The van der Waals surface area contributed by atoms with E-state index in [1.54, 1.807) is 0 Å². The lowest BCUT2D eigenvalue weighted by Crippen LogP contribution is -2.28. The summed E-state index contributed by atoms with van der Waals surface area (Å²) in [6.45, 7) is 18.5. The molecule has 0 aromatic heterocycles. The predicted octanol–water partition coefficient (Wildman–Crippen LogP) is 4.90. The lowest BCUT2D eigenvalue weighted by molar-refractivity contribution is -0.0379. The topological polar surface area (TPSA) is 9.23 Å². The standard InChI is InChI=1S/C16H32O/c1-11(2)12-9-14(16(6,7)8)17-13(12)10-15(3,4)5/h11-14H,9-10H2,1-8H3/t12?,13-,14-/m1/s1. The lowest BCUT2D eigenvalue weighted by Gasteiger charge is -2.29. The van der Waals surface area contributed by atoms with E-state index in [9.17, 15) is 0 Å². The van der Waals surface area contributed by atoms with Crippen LogP contribution >= 0.6 is 0 Å². The van der Waals surface area contributed by atoms with Crippen molar-refractivity contribution in [1.82, 2.24) is 0 Å². The van der Waals surface area contributed by atoms with E-state index < -0.39 is 0 Å². The van der Waals surface area contributed by atoms with Crippen molar-refractivity contribution in [3.63, 3.8) is 0 Å². The molecule has 1 heterocycles. The van der Waals surface area contributed by atoms with Crippen LogP contribution in [0.4, 0.5) is 0 Å². The highest BCUT2D eigenvalue weighted by atomic mass is 16.5. The van der Waals surface area contributed by atoms with E-state index in [0.717, 1.165) is 11.8 Å². The largest absolute Gasteiger partial charge is 0.374 e. The van der Waals surface area contributed by atoms with E-state index in [0.29, 0.717) is 17.6 Å². The molecular weight excluding hydrogens is 208 g/mol. The number of ether oxygens (including phenoxy) is 1. The molecule has 0 radical (unpaired) electrons. The zero-order valence-corrected chi connectivity index (χ0v) is 13.1. The maximum atomic E-state index is 6.38. The van der Waals surface area contributed by atoms with Crippen LogP contribution in [0.3, 0.4) is 0 Å². The Morgan fingerprint density at radius 1 is 1.06 bits per heavy atom. The molecule has 1 unspecified atom stereocenters. The molecule has 0 aliphatic carbocycles. The fourth-order valence-corrected chi connectivity index (χ4v) is 2.83. The van der Waals surface area contributed by atoms with Crippen LogP contribution in [-0.2, 0) is 4.74 Å². The van der Waals surface area contributed by atoms with Gasteiger partial charge >= 0.3 is 0 Å². The third-order valence-electron chi connectivity index (χ3n) is 3.94. The second kappa shape index (κ2) is 4.91. The second-order valence-corrected chi connectivity index (χ2v) is 8.44. The van der Waals surface area contributed by atoms with Crippen LogP contribution in [0, 0.1) is 22.7 Å². The molecule has 1 fully saturated rings. The second-order valence-electron chi connectivity index (χ2n) is 8.44. The summed E-state index contributed by atoms with van der Waals surface area (Å²) in [6, 6.07) is 0. The fourth-order valence-electron chi connectivity index (χ4n) is 2.83. The van der Waals surface area contributed by atoms with Gasteiger partial charge in [-0.15, -0.1) is 0 Å². The summed E-state index contributed by atoms with van der Waals surface area (Å²) in [6.07, 6.45) is 3.31. The first kappa shape index (κ1) is 15.0. The van der Waals surface area contributed by atoms with Gasteiger partial charge in [0.15, 0.2) is 0 Å². The highest BCUT2D eigenvalue weighted by Crippen LogP contribution is 2.43. The molecule has 1 nitrogen and oxygen atoms in total. The van der Waals surface area contributed by atoms with E-state index in [1.165, 1.54) is 12.8 Å². The van der Waals surface area contributed by atoms with Crippen LogP contribution in [-0.4, -0.2) is 12.2 Å². The van der Waals surface area contributed by atoms with Crippen molar-refractivity contribution < 1.29 is 4.74 Å². The highest BCUT2D eigenvalue weighted by molar-refractivity contribution is 4.91. The van der Waals surface area contributed by atoms with E-state index in [2.05, 4.69) is 55.4 Å². The smallest absolute Gasteiger partial charge is 0.0631 e. The van der Waals surface area contributed by atoms with Gasteiger partial charge in [-0.3, -0.25) is 0 Å².